The monoisotopic (exact) mass is 265 g/mol. The first-order valence-electron chi connectivity index (χ1n) is 5.70. The molecule has 0 radical (unpaired) electrons. The fourth-order valence-electron chi connectivity index (χ4n) is 1.61. The van der Waals surface area contributed by atoms with Crippen molar-refractivity contribution in [2.45, 2.75) is 12.5 Å². The molecule has 100 valence electrons. The number of alkyl halides is 2. The van der Waals surface area contributed by atoms with E-state index in [0.29, 0.717) is 0 Å². The average molecular weight is 265 g/mol. The highest BCUT2D eigenvalue weighted by atomic mass is 19.3. The van der Waals surface area contributed by atoms with Crippen LogP contribution in [-0.4, -0.2) is 18.2 Å². The largest absolute Gasteiger partial charge is 0.493 e. The highest BCUT2D eigenvalue weighted by molar-refractivity contribution is 5.39. The lowest BCUT2D eigenvalue weighted by Crippen LogP contribution is -2.28. The van der Waals surface area contributed by atoms with E-state index in [0.717, 1.165) is 0 Å². The molecule has 0 fully saturated rings. The normalized spacial score (nSPS) is 11.1. The average Bonchev–Trinajstić information content (AvgIpc) is 2.39. The summed E-state index contributed by atoms with van der Waals surface area (Å²) in [6.07, 6.45) is -2.47. The van der Waals surface area contributed by atoms with Gasteiger partial charge in [0, 0.05) is 6.20 Å². The zero-order valence-corrected chi connectivity index (χ0v) is 10.3. The number of aromatic nitrogens is 1. The molecule has 0 saturated heterocycles. The zero-order chi connectivity index (χ0) is 13.7. The molecule has 5 heteroatoms. The number of benzene rings is 1. The molecule has 0 aliphatic heterocycles. The summed E-state index contributed by atoms with van der Waals surface area (Å²) in [5.41, 5.74) is 0.266. The summed E-state index contributed by atoms with van der Waals surface area (Å²) in [4.78, 5) is 3.86. The summed E-state index contributed by atoms with van der Waals surface area (Å²) in [7, 11) is 1.40. The fourth-order valence-corrected chi connectivity index (χ4v) is 1.61. The van der Waals surface area contributed by atoms with Gasteiger partial charge in [0.25, 0.3) is 0 Å². The predicted molar refractivity (Wildman–Crippen MR) is 66.5 cm³/mol. The van der Waals surface area contributed by atoms with Gasteiger partial charge in [-0.05, 0) is 24.3 Å². The van der Waals surface area contributed by atoms with Gasteiger partial charge < -0.3 is 9.47 Å². The van der Waals surface area contributed by atoms with Crippen molar-refractivity contribution in [1.29, 1.82) is 0 Å². The number of rotatable bonds is 5. The van der Waals surface area contributed by atoms with E-state index in [4.69, 9.17) is 9.47 Å². The molecule has 0 spiro atoms. The second kappa shape index (κ2) is 5.65. The molecule has 2 aromatic rings. The Bertz CT molecular complexity index is 532. The molecule has 19 heavy (non-hydrogen) atoms. The first-order chi connectivity index (χ1) is 9.11. The Kier molecular flexibility index (Phi) is 3.94. The smallest absolute Gasteiger partial charge is 0.403 e. The van der Waals surface area contributed by atoms with Gasteiger partial charge in [-0.1, -0.05) is 18.2 Å². The van der Waals surface area contributed by atoms with E-state index in [9.17, 15) is 8.78 Å². The first kappa shape index (κ1) is 13.3. The number of hydrogen-bond donors (Lipinski definition) is 0. The molecule has 0 saturated carbocycles. The molecule has 0 aliphatic carbocycles. The topological polar surface area (TPSA) is 31.4 Å². The van der Waals surface area contributed by atoms with Crippen LogP contribution in [0.5, 0.6) is 11.5 Å². The van der Waals surface area contributed by atoms with Crippen LogP contribution < -0.4 is 9.47 Å². The fraction of sp³-hybridized carbons (Fsp3) is 0.214. The quantitative estimate of drug-likeness (QED) is 0.831. The van der Waals surface area contributed by atoms with Crippen LogP contribution in [0.3, 0.4) is 0 Å². The summed E-state index contributed by atoms with van der Waals surface area (Å²) < 4.78 is 37.3. The molecule has 1 aromatic heterocycles. The third-order valence-corrected chi connectivity index (χ3v) is 2.44. The summed E-state index contributed by atoms with van der Waals surface area (Å²) in [6, 6.07) is 11.1. The van der Waals surface area contributed by atoms with Crippen molar-refractivity contribution in [2.24, 2.45) is 0 Å². The number of methoxy groups -OCH3 is 1. The van der Waals surface area contributed by atoms with E-state index >= 15 is 0 Å². The molecule has 0 bridgehead atoms. The highest BCUT2D eigenvalue weighted by Crippen LogP contribution is 2.32. The van der Waals surface area contributed by atoms with E-state index in [1.807, 2.05) is 0 Å². The third-order valence-electron chi connectivity index (χ3n) is 2.44. The van der Waals surface area contributed by atoms with E-state index in [2.05, 4.69) is 4.98 Å². The number of nitrogens with zero attached hydrogens (tertiary/aromatic N) is 1. The molecule has 0 amide bonds. The van der Waals surface area contributed by atoms with Crippen molar-refractivity contribution in [3.8, 4) is 11.5 Å². The number of hydrogen-bond acceptors (Lipinski definition) is 3. The van der Waals surface area contributed by atoms with Crippen molar-refractivity contribution in [2.75, 3.05) is 7.11 Å². The summed E-state index contributed by atoms with van der Waals surface area (Å²) in [6.45, 7) is 0. The van der Waals surface area contributed by atoms with Gasteiger partial charge in [0.1, 0.15) is 0 Å². The van der Waals surface area contributed by atoms with Crippen molar-refractivity contribution < 1.29 is 18.3 Å². The molecule has 1 aromatic carbocycles. The number of halogens is 2. The number of ether oxygens (including phenoxy) is 2. The summed E-state index contributed by atoms with van der Waals surface area (Å²) in [5.74, 6) is 0.272. The minimum absolute atomic E-state index is 0.00549. The lowest BCUT2D eigenvalue weighted by Gasteiger charge is -2.19. The van der Waals surface area contributed by atoms with Gasteiger partial charge in [0.15, 0.2) is 11.5 Å². The second-order valence-electron chi connectivity index (χ2n) is 3.89. The van der Waals surface area contributed by atoms with Crippen molar-refractivity contribution in [3.05, 3.63) is 54.4 Å². The van der Waals surface area contributed by atoms with Crippen LogP contribution in [0.4, 0.5) is 8.78 Å². The van der Waals surface area contributed by atoms with Crippen LogP contribution in [0.15, 0.2) is 48.7 Å². The van der Waals surface area contributed by atoms with Crippen LogP contribution in [0.25, 0.3) is 0 Å². The minimum Gasteiger partial charge on any atom is -0.493 e. The Hall–Kier alpha value is -2.17. The van der Waals surface area contributed by atoms with Crippen molar-refractivity contribution >= 4 is 0 Å². The standard InChI is InChI=1S/C14H13F2NO2/c1-18-12-7-2-3-8-13(12)19-14(15,16)10-11-6-4-5-9-17-11/h2-9H,10H2,1H3. The highest BCUT2D eigenvalue weighted by Gasteiger charge is 2.33. The van der Waals surface area contributed by atoms with Gasteiger partial charge in [-0.2, -0.15) is 8.78 Å². The lowest BCUT2D eigenvalue weighted by molar-refractivity contribution is -0.175. The zero-order valence-electron chi connectivity index (χ0n) is 10.3. The van der Waals surface area contributed by atoms with Crippen LogP contribution in [0.2, 0.25) is 0 Å². The van der Waals surface area contributed by atoms with E-state index in [-0.39, 0.29) is 17.2 Å². The van der Waals surface area contributed by atoms with E-state index in [1.54, 1.807) is 30.3 Å². The molecule has 0 aliphatic rings. The summed E-state index contributed by atoms with van der Waals surface area (Å²) in [5, 5.41) is 0. The predicted octanol–water partition coefficient (Wildman–Crippen LogP) is 3.30. The molecule has 0 atom stereocenters. The maximum Gasteiger partial charge on any atom is 0.403 e. The van der Waals surface area contributed by atoms with Crippen LogP contribution in [-0.2, 0) is 6.42 Å². The van der Waals surface area contributed by atoms with Crippen LogP contribution in [0.1, 0.15) is 5.69 Å². The maximum absolute atomic E-state index is 13.8. The molecular formula is C14H13F2NO2. The van der Waals surface area contributed by atoms with Crippen LogP contribution >= 0.6 is 0 Å². The van der Waals surface area contributed by atoms with Crippen LogP contribution in [0, 0.1) is 0 Å². The Labute approximate surface area is 109 Å². The SMILES string of the molecule is COc1ccccc1OC(F)(F)Cc1ccccn1. The first-order valence-corrected chi connectivity index (χ1v) is 5.70. The van der Waals surface area contributed by atoms with Gasteiger partial charge in [-0.15, -0.1) is 0 Å². The number of pyridine rings is 1. The third kappa shape index (κ3) is 3.64. The molecule has 0 unspecified atom stereocenters. The second-order valence-corrected chi connectivity index (χ2v) is 3.89. The van der Waals surface area contributed by atoms with E-state index < -0.39 is 12.5 Å². The molecule has 1 heterocycles. The van der Waals surface area contributed by atoms with Crippen molar-refractivity contribution in [3.63, 3.8) is 0 Å². The van der Waals surface area contributed by atoms with Gasteiger partial charge in [0.2, 0.25) is 0 Å². The molecule has 2 rings (SSSR count). The Morgan fingerprint density at radius 3 is 2.37 bits per heavy atom. The van der Waals surface area contributed by atoms with Crippen molar-refractivity contribution in [1.82, 2.24) is 4.98 Å². The van der Waals surface area contributed by atoms with Gasteiger partial charge >= 0.3 is 6.11 Å². The molecular weight excluding hydrogens is 252 g/mol. The number of para-hydroxylation sites is 2. The molecule has 3 nitrogen and oxygen atoms in total. The minimum atomic E-state index is -3.34. The lowest BCUT2D eigenvalue weighted by atomic mass is 10.2. The van der Waals surface area contributed by atoms with Gasteiger partial charge in [0.05, 0.1) is 19.2 Å². The van der Waals surface area contributed by atoms with Gasteiger partial charge in [-0.3, -0.25) is 4.98 Å². The Balaban J connectivity index is 2.12. The van der Waals surface area contributed by atoms with E-state index in [1.165, 1.54) is 25.4 Å². The Morgan fingerprint density at radius 1 is 1.05 bits per heavy atom. The molecule has 0 N–H and O–H groups in total. The van der Waals surface area contributed by atoms with Gasteiger partial charge in [-0.25, -0.2) is 0 Å². The maximum atomic E-state index is 13.8. The summed E-state index contributed by atoms with van der Waals surface area (Å²) >= 11 is 0. The Morgan fingerprint density at radius 2 is 1.74 bits per heavy atom.